The molecular formula is C14H9BrF2N2O2. The molecule has 1 amide bonds. The molecule has 0 spiro atoms. The van der Waals surface area contributed by atoms with E-state index in [9.17, 15) is 18.7 Å². The van der Waals surface area contributed by atoms with Gasteiger partial charge in [-0.25, -0.2) is 14.2 Å². The molecule has 0 bridgehead atoms. The number of nitrogens with zero attached hydrogens (tertiary/aromatic N) is 1. The molecule has 0 unspecified atom stereocenters. The summed E-state index contributed by atoms with van der Waals surface area (Å²) >= 11 is 3.19. The van der Waals surface area contributed by atoms with E-state index in [4.69, 9.17) is 0 Å². The van der Waals surface area contributed by atoms with Crippen molar-refractivity contribution in [3.8, 4) is 5.75 Å². The third kappa shape index (κ3) is 4.09. The molecule has 0 aliphatic carbocycles. The minimum atomic E-state index is -0.852. The monoisotopic (exact) mass is 354 g/mol. The van der Waals surface area contributed by atoms with Gasteiger partial charge < -0.3 is 5.11 Å². The van der Waals surface area contributed by atoms with Crippen LogP contribution < -0.4 is 5.43 Å². The van der Waals surface area contributed by atoms with Crippen molar-refractivity contribution in [1.82, 2.24) is 5.43 Å². The molecule has 2 rings (SSSR count). The summed E-state index contributed by atoms with van der Waals surface area (Å²) in [5.41, 5.74) is 2.31. The molecule has 0 aliphatic rings. The Balaban J connectivity index is 2.08. The number of rotatable bonds is 3. The molecule has 2 aromatic rings. The van der Waals surface area contributed by atoms with Gasteiger partial charge in [0.15, 0.2) is 0 Å². The maximum absolute atomic E-state index is 13.0. The highest BCUT2D eigenvalue weighted by molar-refractivity contribution is 9.10. The summed E-state index contributed by atoms with van der Waals surface area (Å²) in [5.74, 6) is -2.50. The van der Waals surface area contributed by atoms with E-state index < -0.39 is 17.5 Å². The van der Waals surface area contributed by atoms with E-state index in [1.807, 2.05) is 0 Å². The van der Waals surface area contributed by atoms with Crippen LogP contribution in [0.5, 0.6) is 5.75 Å². The maximum atomic E-state index is 13.0. The summed E-state index contributed by atoms with van der Waals surface area (Å²) in [6, 6.07) is 7.18. The number of carbonyl (C=O) groups is 1. The number of nitrogens with one attached hydrogen (secondary N) is 1. The number of hydrazone groups is 1. The van der Waals surface area contributed by atoms with Crippen LogP contribution in [0.15, 0.2) is 46.0 Å². The molecular weight excluding hydrogens is 346 g/mol. The van der Waals surface area contributed by atoms with Crippen LogP contribution in [0.25, 0.3) is 0 Å². The van der Waals surface area contributed by atoms with Crippen molar-refractivity contribution in [3.63, 3.8) is 0 Å². The first kappa shape index (κ1) is 15.1. The molecule has 108 valence electrons. The van der Waals surface area contributed by atoms with Crippen molar-refractivity contribution < 1.29 is 18.7 Å². The Morgan fingerprint density at radius 1 is 1.19 bits per heavy atom. The summed E-state index contributed by atoms with van der Waals surface area (Å²) in [5, 5.41) is 13.2. The number of phenols is 1. The van der Waals surface area contributed by atoms with Crippen molar-refractivity contribution >= 4 is 28.1 Å². The molecule has 0 aliphatic heterocycles. The van der Waals surface area contributed by atoms with E-state index >= 15 is 0 Å². The fourth-order valence-corrected chi connectivity index (χ4v) is 1.88. The van der Waals surface area contributed by atoms with Gasteiger partial charge in [-0.2, -0.15) is 5.10 Å². The zero-order valence-corrected chi connectivity index (χ0v) is 12.1. The van der Waals surface area contributed by atoms with Crippen molar-refractivity contribution in [2.75, 3.05) is 0 Å². The van der Waals surface area contributed by atoms with Crippen LogP contribution in [0.3, 0.4) is 0 Å². The maximum Gasteiger partial charge on any atom is 0.271 e. The van der Waals surface area contributed by atoms with E-state index in [-0.39, 0.29) is 11.3 Å². The van der Waals surface area contributed by atoms with Gasteiger partial charge >= 0.3 is 0 Å². The van der Waals surface area contributed by atoms with Crippen LogP contribution in [0.4, 0.5) is 8.78 Å². The lowest BCUT2D eigenvalue weighted by molar-refractivity contribution is 0.0954. The van der Waals surface area contributed by atoms with E-state index in [1.54, 1.807) is 12.1 Å². The third-order valence-electron chi connectivity index (χ3n) is 2.49. The average molecular weight is 355 g/mol. The molecule has 0 saturated carbocycles. The largest absolute Gasteiger partial charge is 0.507 e. The Morgan fingerprint density at radius 3 is 2.48 bits per heavy atom. The van der Waals surface area contributed by atoms with E-state index in [0.29, 0.717) is 16.1 Å². The number of carbonyl (C=O) groups excluding carboxylic acids is 1. The second-order valence-corrected chi connectivity index (χ2v) is 4.98. The summed E-state index contributed by atoms with van der Waals surface area (Å²) in [7, 11) is 0. The number of aromatic hydroxyl groups is 1. The number of halogens is 3. The SMILES string of the molecule is O=C(N/N=C\c1ccc(Br)cc1O)c1cc(F)cc(F)c1. The highest BCUT2D eigenvalue weighted by atomic mass is 79.9. The van der Waals surface area contributed by atoms with Crippen LogP contribution in [-0.4, -0.2) is 17.2 Å². The van der Waals surface area contributed by atoms with E-state index in [2.05, 4.69) is 26.5 Å². The van der Waals surface area contributed by atoms with Crippen LogP contribution in [-0.2, 0) is 0 Å². The Bertz CT molecular complexity index is 700. The zero-order valence-electron chi connectivity index (χ0n) is 10.5. The van der Waals surface area contributed by atoms with Crippen LogP contribution >= 0.6 is 15.9 Å². The topological polar surface area (TPSA) is 61.7 Å². The smallest absolute Gasteiger partial charge is 0.271 e. The number of amides is 1. The Morgan fingerprint density at radius 2 is 1.86 bits per heavy atom. The Kier molecular flexibility index (Phi) is 4.64. The summed E-state index contributed by atoms with van der Waals surface area (Å²) in [6.07, 6.45) is 1.22. The molecule has 0 atom stereocenters. The molecule has 4 nitrogen and oxygen atoms in total. The molecule has 2 aromatic carbocycles. The fourth-order valence-electron chi connectivity index (χ4n) is 1.54. The van der Waals surface area contributed by atoms with Gasteiger partial charge in [-0.05, 0) is 30.3 Å². The van der Waals surface area contributed by atoms with Crippen molar-refractivity contribution in [2.24, 2.45) is 5.10 Å². The number of phenolic OH excluding ortho intramolecular Hbond substituents is 1. The molecule has 0 fully saturated rings. The predicted octanol–water partition coefficient (Wildman–Crippen LogP) is 3.20. The van der Waals surface area contributed by atoms with Gasteiger partial charge in [-0.15, -0.1) is 0 Å². The van der Waals surface area contributed by atoms with Gasteiger partial charge in [0.1, 0.15) is 17.4 Å². The molecule has 2 N–H and O–H groups in total. The summed E-state index contributed by atoms with van der Waals surface area (Å²) in [6.45, 7) is 0. The zero-order chi connectivity index (χ0) is 15.4. The van der Waals surface area contributed by atoms with Gasteiger partial charge in [0, 0.05) is 21.7 Å². The van der Waals surface area contributed by atoms with E-state index in [0.717, 1.165) is 12.1 Å². The second-order valence-electron chi connectivity index (χ2n) is 4.06. The first-order valence-electron chi connectivity index (χ1n) is 5.74. The number of hydrogen-bond donors (Lipinski definition) is 2. The summed E-state index contributed by atoms with van der Waals surface area (Å²) < 4.78 is 26.6. The fraction of sp³-hybridized carbons (Fsp3) is 0. The lowest BCUT2D eigenvalue weighted by atomic mass is 10.2. The van der Waals surface area contributed by atoms with Gasteiger partial charge in [0.05, 0.1) is 6.21 Å². The van der Waals surface area contributed by atoms with Gasteiger partial charge in [0.2, 0.25) is 0 Å². The minimum absolute atomic E-state index is 0.0285. The van der Waals surface area contributed by atoms with Gasteiger partial charge in [0.25, 0.3) is 5.91 Å². The first-order valence-corrected chi connectivity index (χ1v) is 6.53. The molecule has 0 aromatic heterocycles. The predicted molar refractivity (Wildman–Crippen MR) is 77.2 cm³/mol. The van der Waals surface area contributed by atoms with Crippen molar-refractivity contribution in [1.29, 1.82) is 0 Å². The van der Waals surface area contributed by atoms with Crippen LogP contribution in [0, 0.1) is 11.6 Å². The molecule has 7 heteroatoms. The average Bonchev–Trinajstić information content (AvgIpc) is 2.40. The third-order valence-corrected chi connectivity index (χ3v) is 2.98. The quantitative estimate of drug-likeness (QED) is 0.656. The standard InChI is InChI=1S/C14H9BrF2N2O2/c15-10-2-1-8(13(20)5-10)7-18-19-14(21)9-3-11(16)6-12(17)4-9/h1-7,20H,(H,19,21)/b18-7-. The van der Waals surface area contributed by atoms with Crippen LogP contribution in [0.1, 0.15) is 15.9 Å². The van der Waals surface area contributed by atoms with Crippen molar-refractivity contribution in [3.05, 3.63) is 63.6 Å². The molecule has 0 heterocycles. The Hall–Kier alpha value is -2.28. The second kappa shape index (κ2) is 6.45. The number of benzene rings is 2. The lowest BCUT2D eigenvalue weighted by Gasteiger charge is -2.01. The molecule has 0 radical (unpaired) electrons. The summed E-state index contributed by atoms with van der Waals surface area (Å²) in [4.78, 5) is 11.7. The lowest BCUT2D eigenvalue weighted by Crippen LogP contribution is -2.18. The Labute approximate surface area is 127 Å². The first-order chi connectivity index (χ1) is 9.95. The van der Waals surface area contributed by atoms with E-state index in [1.165, 1.54) is 12.3 Å². The molecule has 21 heavy (non-hydrogen) atoms. The van der Waals surface area contributed by atoms with Gasteiger partial charge in [-0.1, -0.05) is 15.9 Å². The molecule has 0 saturated heterocycles. The number of hydrogen-bond acceptors (Lipinski definition) is 3. The highest BCUT2D eigenvalue weighted by Crippen LogP contribution is 2.20. The normalized spacial score (nSPS) is 10.8. The van der Waals surface area contributed by atoms with Gasteiger partial charge in [-0.3, -0.25) is 4.79 Å². The highest BCUT2D eigenvalue weighted by Gasteiger charge is 2.08. The van der Waals surface area contributed by atoms with Crippen LogP contribution in [0.2, 0.25) is 0 Å². The minimum Gasteiger partial charge on any atom is -0.507 e. The van der Waals surface area contributed by atoms with Crippen molar-refractivity contribution in [2.45, 2.75) is 0 Å².